The standard InChI is InChI=1S/C13H12F2N2O4/c14-13(15)17-2-1-16-12(17)6-19-9-4-11-10(20-7-21-11)3-8(9)5-18/h1-4,13,18H,5-7H2. The van der Waals surface area contributed by atoms with Crippen LogP contribution in [0.25, 0.3) is 0 Å². The quantitative estimate of drug-likeness (QED) is 0.915. The van der Waals surface area contributed by atoms with Gasteiger partial charge in [0.25, 0.3) is 0 Å². The van der Waals surface area contributed by atoms with Crippen molar-refractivity contribution in [2.45, 2.75) is 19.8 Å². The highest BCUT2D eigenvalue weighted by molar-refractivity contribution is 5.51. The first-order valence-corrected chi connectivity index (χ1v) is 6.15. The predicted molar refractivity (Wildman–Crippen MR) is 66.3 cm³/mol. The number of hydrogen-bond donors (Lipinski definition) is 1. The second kappa shape index (κ2) is 5.57. The van der Waals surface area contributed by atoms with E-state index in [1.807, 2.05) is 0 Å². The second-order valence-electron chi connectivity index (χ2n) is 4.29. The molecule has 21 heavy (non-hydrogen) atoms. The largest absolute Gasteiger partial charge is 0.485 e. The molecule has 0 radical (unpaired) electrons. The van der Waals surface area contributed by atoms with Crippen LogP contribution < -0.4 is 14.2 Å². The Balaban J connectivity index is 1.80. The molecule has 2 aromatic rings. The zero-order valence-electron chi connectivity index (χ0n) is 10.8. The minimum absolute atomic E-state index is 0.0894. The van der Waals surface area contributed by atoms with E-state index in [9.17, 15) is 13.9 Å². The summed E-state index contributed by atoms with van der Waals surface area (Å²) < 4.78 is 42.0. The zero-order chi connectivity index (χ0) is 14.8. The fraction of sp³-hybridized carbons (Fsp3) is 0.308. The number of fused-ring (bicyclic) bond motifs is 1. The van der Waals surface area contributed by atoms with E-state index in [2.05, 4.69) is 4.98 Å². The number of benzene rings is 1. The summed E-state index contributed by atoms with van der Waals surface area (Å²) in [7, 11) is 0. The highest BCUT2D eigenvalue weighted by Crippen LogP contribution is 2.38. The molecule has 0 saturated carbocycles. The van der Waals surface area contributed by atoms with Crippen molar-refractivity contribution < 1.29 is 28.1 Å². The first kappa shape index (κ1) is 13.6. The third-order valence-corrected chi connectivity index (χ3v) is 3.04. The third-order valence-electron chi connectivity index (χ3n) is 3.04. The molecule has 1 aliphatic heterocycles. The number of imidazole rings is 1. The second-order valence-corrected chi connectivity index (χ2v) is 4.29. The number of hydrogen-bond acceptors (Lipinski definition) is 5. The molecule has 3 rings (SSSR count). The Morgan fingerprint density at radius 2 is 2.10 bits per heavy atom. The van der Waals surface area contributed by atoms with Gasteiger partial charge in [-0.25, -0.2) is 4.98 Å². The zero-order valence-corrected chi connectivity index (χ0v) is 10.8. The van der Waals surface area contributed by atoms with Crippen molar-refractivity contribution in [2.75, 3.05) is 6.79 Å². The highest BCUT2D eigenvalue weighted by Gasteiger charge is 2.19. The Bertz CT molecular complexity index is 645. The number of aliphatic hydroxyl groups excluding tert-OH is 1. The van der Waals surface area contributed by atoms with Crippen molar-refractivity contribution in [1.82, 2.24) is 9.55 Å². The summed E-state index contributed by atoms with van der Waals surface area (Å²) in [5, 5.41) is 9.33. The molecule has 8 heteroatoms. The lowest BCUT2D eigenvalue weighted by Gasteiger charge is -2.12. The van der Waals surface area contributed by atoms with Gasteiger partial charge in [-0.15, -0.1) is 0 Å². The van der Waals surface area contributed by atoms with Crippen LogP contribution in [0.15, 0.2) is 24.5 Å². The molecular weight excluding hydrogens is 286 g/mol. The van der Waals surface area contributed by atoms with Crippen LogP contribution in [0.3, 0.4) is 0 Å². The molecule has 0 fully saturated rings. The van der Waals surface area contributed by atoms with Crippen LogP contribution in [0.2, 0.25) is 0 Å². The summed E-state index contributed by atoms with van der Waals surface area (Å²) in [6.07, 6.45) is 2.45. The molecule has 0 aliphatic carbocycles. The molecule has 0 amide bonds. The van der Waals surface area contributed by atoms with Crippen LogP contribution in [0.5, 0.6) is 17.2 Å². The number of nitrogens with zero attached hydrogens (tertiary/aromatic N) is 2. The molecule has 1 aromatic heterocycles. The topological polar surface area (TPSA) is 65.7 Å². The smallest absolute Gasteiger partial charge is 0.320 e. The first-order valence-electron chi connectivity index (χ1n) is 6.15. The normalized spacial score (nSPS) is 13.0. The van der Waals surface area contributed by atoms with Crippen LogP contribution in [0.4, 0.5) is 8.78 Å². The average Bonchev–Trinajstić information content (AvgIpc) is 3.12. The summed E-state index contributed by atoms with van der Waals surface area (Å²) >= 11 is 0. The van der Waals surface area contributed by atoms with Crippen LogP contribution >= 0.6 is 0 Å². The maximum absolute atomic E-state index is 12.7. The van der Waals surface area contributed by atoms with Crippen LogP contribution in [0, 0.1) is 0 Å². The van der Waals surface area contributed by atoms with E-state index in [1.54, 1.807) is 12.1 Å². The molecule has 0 spiro atoms. The number of aliphatic hydroxyl groups is 1. The van der Waals surface area contributed by atoms with Gasteiger partial charge in [0.05, 0.1) is 6.61 Å². The molecule has 0 atom stereocenters. The van der Waals surface area contributed by atoms with Crippen molar-refractivity contribution in [2.24, 2.45) is 0 Å². The molecule has 112 valence electrons. The number of alkyl halides is 2. The van der Waals surface area contributed by atoms with Gasteiger partial charge in [-0.05, 0) is 6.07 Å². The van der Waals surface area contributed by atoms with Crippen LogP contribution in [-0.4, -0.2) is 21.5 Å². The van der Waals surface area contributed by atoms with Crippen molar-refractivity contribution in [3.63, 3.8) is 0 Å². The molecule has 0 unspecified atom stereocenters. The highest BCUT2D eigenvalue weighted by atomic mass is 19.3. The van der Waals surface area contributed by atoms with Gasteiger partial charge in [0.2, 0.25) is 6.79 Å². The molecular formula is C13H12F2N2O4. The summed E-state index contributed by atoms with van der Waals surface area (Å²) in [5.41, 5.74) is 0.481. The molecule has 1 aromatic carbocycles. The third kappa shape index (κ3) is 2.62. The summed E-state index contributed by atoms with van der Waals surface area (Å²) in [4.78, 5) is 3.82. The average molecular weight is 298 g/mol. The Kier molecular flexibility index (Phi) is 3.61. The maximum atomic E-state index is 12.7. The van der Waals surface area contributed by atoms with Crippen LogP contribution in [0.1, 0.15) is 17.9 Å². The Morgan fingerprint density at radius 3 is 2.81 bits per heavy atom. The number of aromatic nitrogens is 2. The fourth-order valence-electron chi connectivity index (χ4n) is 2.00. The van der Waals surface area contributed by atoms with Crippen molar-refractivity contribution in [3.05, 3.63) is 35.9 Å². The number of halogens is 2. The maximum Gasteiger partial charge on any atom is 0.320 e. The van der Waals surface area contributed by atoms with Gasteiger partial charge in [0, 0.05) is 24.0 Å². The lowest BCUT2D eigenvalue weighted by atomic mass is 10.2. The molecule has 0 saturated heterocycles. The van der Waals surface area contributed by atoms with Gasteiger partial charge in [-0.1, -0.05) is 0 Å². The van der Waals surface area contributed by atoms with E-state index in [0.717, 1.165) is 0 Å². The monoisotopic (exact) mass is 298 g/mol. The molecule has 6 nitrogen and oxygen atoms in total. The van der Waals surface area contributed by atoms with Gasteiger partial charge in [-0.3, -0.25) is 4.57 Å². The van der Waals surface area contributed by atoms with Gasteiger partial charge >= 0.3 is 6.55 Å². The number of ether oxygens (including phenoxy) is 3. The Morgan fingerprint density at radius 1 is 1.33 bits per heavy atom. The Labute approximate surface area is 118 Å². The van der Waals surface area contributed by atoms with Crippen molar-refractivity contribution >= 4 is 0 Å². The van der Waals surface area contributed by atoms with Crippen LogP contribution in [-0.2, 0) is 13.2 Å². The minimum Gasteiger partial charge on any atom is -0.485 e. The van der Waals surface area contributed by atoms with E-state index in [0.29, 0.717) is 27.4 Å². The van der Waals surface area contributed by atoms with E-state index in [4.69, 9.17) is 14.2 Å². The Hall–Kier alpha value is -2.35. The van der Waals surface area contributed by atoms with E-state index < -0.39 is 6.55 Å². The summed E-state index contributed by atoms with van der Waals surface area (Å²) in [6, 6.07) is 3.15. The van der Waals surface area contributed by atoms with Gasteiger partial charge in [0.15, 0.2) is 17.3 Å². The van der Waals surface area contributed by atoms with Crippen molar-refractivity contribution in [1.29, 1.82) is 0 Å². The SMILES string of the molecule is OCc1cc2c(cc1OCc1nccn1C(F)F)OCO2. The van der Waals surface area contributed by atoms with E-state index in [-0.39, 0.29) is 25.8 Å². The van der Waals surface area contributed by atoms with Crippen molar-refractivity contribution in [3.8, 4) is 17.2 Å². The lowest BCUT2D eigenvalue weighted by molar-refractivity contribution is 0.0631. The van der Waals surface area contributed by atoms with Gasteiger partial charge < -0.3 is 19.3 Å². The van der Waals surface area contributed by atoms with E-state index >= 15 is 0 Å². The lowest BCUT2D eigenvalue weighted by Crippen LogP contribution is -2.08. The van der Waals surface area contributed by atoms with E-state index in [1.165, 1.54) is 12.4 Å². The molecule has 0 bridgehead atoms. The minimum atomic E-state index is -2.68. The van der Waals surface area contributed by atoms with Gasteiger partial charge in [-0.2, -0.15) is 8.78 Å². The number of rotatable bonds is 5. The molecule has 2 heterocycles. The molecule has 1 N–H and O–H groups in total. The molecule has 1 aliphatic rings. The van der Waals surface area contributed by atoms with Gasteiger partial charge in [0.1, 0.15) is 12.4 Å². The summed E-state index contributed by atoms with van der Waals surface area (Å²) in [5.74, 6) is 1.43. The summed E-state index contributed by atoms with van der Waals surface area (Å²) in [6.45, 7) is -3.00. The fourth-order valence-corrected chi connectivity index (χ4v) is 2.00. The predicted octanol–water partition coefficient (Wildman–Crippen LogP) is 2.08. The first-order chi connectivity index (χ1) is 10.2.